The van der Waals surface area contributed by atoms with Crippen LogP contribution in [0, 0.1) is 5.92 Å². The summed E-state index contributed by atoms with van der Waals surface area (Å²) in [6, 6.07) is 3.01. The number of carbonyl (C=O) groups is 1. The highest BCUT2D eigenvalue weighted by molar-refractivity contribution is 5.96. The molecule has 1 amide bonds. The van der Waals surface area contributed by atoms with Gasteiger partial charge in [-0.2, -0.15) is 5.10 Å². The Labute approximate surface area is 158 Å². The Balaban J connectivity index is 1.87. The lowest BCUT2D eigenvalue weighted by molar-refractivity contribution is 0.0235. The standard InChI is InChI=1S/C19H25N3O5/c1-22-10-13(9-20-22)17(11-5-14(23)6-11)21-19(24)12-7-15(25-2)18(27-4)16(8-12)26-3/h7-11,14,17,23H,5-6H2,1-4H3,(H,21,24)/t11?,14?,17-/m0/s1. The Morgan fingerprint density at radius 3 is 2.30 bits per heavy atom. The van der Waals surface area contributed by atoms with Crippen LogP contribution >= 0.6 is 0 Å². The molecule has 0 saturated heterocycles. The summed E-state index contributed by atoms with van der Waals surface area (Å²) in [5.41, 5.74) is 1.31. The van der Waals surface area contributed by atoms with Crippen molar-refractivity contribution < 1.29 is 24.1 Å². The lowest BCUT2D eigenvalue weighted by Crippen LogP contribution is -2.41. The fraction of sp³-hybridized carbons (Fsp3) is 0.474. The van der Waals surface area contributed by atoms with Crippen LogP contribution in [0.25, 0.3) is 0 Å². The number of methoxy groups -OCH3 is 3. The molecule has 1 fully saturated rings. The number of carbonyl (C=O) groups excluding carboxylic acids is 1. The Kier molecular flexibility index (Phi) is 5.55. The van der Waals surface area contributed by atoms with Crippen molar-refractivity contribution in [1.82, 2.24) is 15.1 Å². The molecule has 8 nitrogen and oxygen atoms in total. The highest BCUT2D eigenvalue weighted by Crippen LogP contribution is 2.40. The minimum Gasteiger partial charge on any atom is -0.493 e. The number of nitrogens with one attached hydrogen (secondary N) is 1. The Bertz CT molecular complexity index is 788. The first kappa shape index (κ1) is 19.0. The molecule has 1 aromatic heterocycles. The summed E-state index contributed by atoms with van der Waals surface area (Å²) in [7, 11) is 6.36. The maximum atomic E-state index is 12.9. The minimum atomic E-state index is -0.313. The van der Waals surface area contributed by atoms with Gasteiger partial charge < -0.3 is 24.6 Å². The molecular weight excluding hydrogens is 350 g/mol. The highest BCUT2D eigenvalue weighted by atomic mass is 16.5. The molecule has 1 aliphatic rings. The van der Waals surface area contributed by atoms with E-state index in [-0.39, 0.29) is 24.0 Å². The lowest BCUT2D eigenvalue weighted by atomic mass is 9.75. The predicted molar refractivity (Wildman–Crippen MR) is 98.2 cm³/mol. The fourth-order valence-electron chi connectivity index (χ4n) is 3.41. The molecule has 146 valence electrons. The zero-order chi connectivity index (χ0) is 19.6. The summed E-state index contributed by atoms with van der Waals surface area (Å²) in [6.07, 6.45) is 4.60. The molecule has 0 unspecified atom stereocenters. The average Bonchev–Trinajstić information content (AvgIpc) is 3.08. The molecule has 0 spiro atoms. The molecule has 1 saturated carbocycles. The number of aromatic nitrogens is 2. The molecule has 8 heteroatoms. The molecular formula is C19H25N3O5. The van der Waals surface area contributed by atoms with Crippen molar-refractivity contribution in [3.8, 4) is 17.2 Å². The summed E-state index contributed by atoms with van der Waals surface area (Å²) in [4.78, 5) is 12.9. The van der Waals surface area contributed by atoms with Crippen LogP contribution in [0.3, 0.4) is 0 Å². The summed E-state index contributed by atoms with van der Waals surface area (Å²) in [5.74, 6) is 1.17. The summed E-state index contributed by atoms with van der Waals surface area (Å²) >= 11 is 0. The zero-order valence-corrected chi connectivity index (χ0v) is 15.9. The highest BCUT2D eigenvalue weighted by Gasteiger charge is 2.36. The maximum absolute atomic E-state index is 12.9. The van der Waals surface area contributed by atoms with Gasteiger partial charge in [0.15, 0.2) is 11.5 Å². The largest absolute Gasteiger partial charge is 0.493 e. The average molecular weight is 375 g/mol. The van der Waals surface area contributed by atoms with Crippen molar-refractivity contribution in [3.05, 3.63) is 35.7 Å². The topological polar surface area (TPSA) is 94.8 Å². The van der Waals surface area contributed by atoms with Crippen molar-refractivity contribution in [3.63, 3.8) is 0 Å². The first-order valence-electron chi connectivity index (χ1n) is 8.74. The third kappa shape index (κ3) is 3.85. The molecule has 2 aromatic rings. The van der Waals surface area contributed by atoms with Gasteiger partial charge in [0, 0.05) is 24.4 Å². The number of hydrogen-bond acceptors (Lipinski definition) is 6. The van der Waals surface area contributed by atoms with Crippen molar-refractivity contribution in [2.75, 3.05) is 21.3 Å². The maximum Gasteiger partial charge on any atom is 0.252 e. The first-order chi connectivity index (χ1) is 13.0. The third-order valence-corrected chi connectivity index (χ3v) is 4.92. The molecule has 2 N–H and O–H groups in total. The van der Waals surface area contributed by atoms with Gasteiger partial charge in [0.25, 0.3) is 5.91 Å². The van der Waals surface area contributed by atoms with Crippen LogP contribution in [0.4, 0.5) is 0 Å². The van der Waals surface area contributed by atoms with E-state index < -0.39 is 0 Å². The molecule has 1 heterocycles. The van der Waals surface area contributed by atoms with Crippen LogP contribution in [0.1, 0.15) is 34.8 Å². The second-order valence-corrected chi connectivity index (χ2v) is 6.70. The molecule has 0 aliphatic heterocycles. The monoisotopic (exact) mass is 375 g/mol. The summed E-state index contributed by atoms with van der Waals surface area (Å²) in [6.45, 7) is 0. The minimum absolute atomic E-state index is 0.162. The van der Waals surface area contributed by atoms with Crippen molar-refractivity contribution in [2.45, 2.75) is 25.0 Å². The van der Waals surface area contributed by atoms with Crippen LogP contribution in [0.5, 0.6) is 17.2 Å². The van der Waals surface area contributed by atoms with E-state index >= 15 is 0 Å². The van der Waals surface area contributed by atoms with Gasteiger partial charge in [-0.05, 0) is 30.9 Å². The molecule has 0 bridgehead atoms. The van der Waals surface area contributed by atoms with E-state index in [1.165, 1.54) is 21.3 Å². The van der Waals surface area contributed by atoms with Crippen molar-refractivity contribution >= 4 is 5.91 Å². The van der Waals surface area contributed by atoms with E-state index in [4.69, 9.17) is 14.2 Å². The Hall–Kier alpha value is -2.74. The lowest BCUT2D eigenvalue weighted by Gasteiger charge is -2.37. The zero-order valence-electron chi connectivity index (χ0n) is 15.9. The summed E-state index contributed by atoms with van der Waals surface area (Å²) < 4.78 is 17.6. The van der Waals surface area contributed by atoms with Gasteiger partial charge >= 0.3 is 0 Å². The van der Waals surface area contributed by atoms with Gasteiger partial charge in [0.1, 0.15) is 0 Å². The van der Waals surface area contributed by atoms with E-state index in [1.54, 1.807) is 23.0 Å². The molecule has 1 aromatic carbocycles. The van der Waals surface area contributed by atoms with E-state index in [9.17, 15) is 9.90 Å². The first-order valence-corrected chi connectivity index (χ1v) is 8.74. The number of benzene rings is 1. The second kappa shape index (κ2) is 7.87. The van der Waals surface area contributed by atoms with E-state index in [0.717, 1.165) is 5.56 Å². The van der Waals surface area contributed by atoms with Crippen LogP contribution in [0.15, 0.2) is 24.5 Å². The van der Waals surface area contributed by atoms with Gasteiger partial charge in [-0.15, -0.1) is 0 Å². The molecule has 27 heavy (non-hydrogen) atoms. The number of aryl methyl sites for hydroxylation is 1. The van der Waals surface area contributed by atoms with Crippen molar-refractivity contribution in [1.29, 1.82) is 0 Å². The molecule has 3 rings (SSSR count). The number of ether oxygens (including phenoxy) is 3. The summed E-state index contributed by atoms with van der Waals surface area (Å²) in [5, 5.41) is 17.0. The third-order valence-electron chi connectivity index (χ3n) is 4.92. The molecule has 1 atom stereocenters. The van der Waals surface area contributed by atoms with E-state index in [2.05, 4.69) is 10.4 Å². The van der Waals surface area contributed by atoms with Crippen LogP contribution < -0.4 is 19.5 Å². The number of aliphatic hydroxyl groups excluding tert-OH is 1. The van der Waals surface area contributed by atoms with Gasteiger partial charge in [0.05, 0.1) is 39.7 Å². The fourth-order valence-corrected chi connectivity index (χ4v) is 3.41. The van der Waals surface area contributed by atoms with Gasteiger partial charge in [-0.3, -0.25) is 9.48 Å². The normalized spacial score (nSPS) is 19.7. The predicted octanol–water partition coefficient (Wildman–Crippen LogP) is 1.69. The Morgan fingerprint density at radius 2 is 1.85 bits per heavy atom. The van der Waals surface area contributed by atoms with E-state index in [0.29, 0.717) is 35.7 Å². The number of nitrogens with zero attached hydrogens (tertiary/aromatic N) is 2. The van der Waals surface area contributed by atoms with Crippen molar-refractivity contribution in [2.24, 2.45) is 13.0 Å². The van der Waals surface area contributed by atoms with Gasteiger partial charge in [-0.25, -0.2) is 0 Å². The van der Waals surface area contributed by atoms with Gasteiger partial charge in [-0.1, -0.05) is 0 Å². The Morgan fingerprint density at radius 1 is 1.22 bits per heavy atom. The number of hydrogen-bond donors (Lipinski definition) is 2. The molecule has 1 aliphatic carbocycles. The number of aliphatic hydroxyl groups is 1. The van der Waals surface area contributed by atoms with Crippen LogP contribution in [0.2, 0.25) is 0 Å². The second-order valence-electron chi connectivity index (χ2n) is 6.70. The van der Waals surface area contributed by atoms with E-state index in [1.807, 2.05) is 13.2 Å². The smallest absolute Gasteiger partial charge is 0.252 e. The number of rotatable bonds is 7. The van der Waals surface area contributed by atoms with Crippen LogP contribution in [-0.4, -0.2) is 48.2 Å². The van der Waals surface area contributed by atoms with Gasteiger partial charge in [0.2, 0.25) is 5.75 Å². The SMILES string of the molecule is COc1cc(C(=O)N[C@H](c2cnn(C)c2)C2CC(O)C2)cc(OC)c1OC. The quantitative estimate of drug-likeness (QED) is 0.765. The van der Waals surface area contributed by atoms with Crippen LogP contribution in [-0.2, 0) is 7.05 Å². The number of amides is 1. The molecule has 0 radical (unpaired) electrons.